The molecule has 0 atom stereocenters. The third-order valence-corrected chi connectivity index (χ3v) is 3.53. The molecule has 0 N–H and O–H groups in total. The second-order valence-electron chi connectivity index (χ2n) is 3.92. The maximum absolute atomic E-state index is 12.2. The van der Waals surface area contributed by atoms with Crippen molar-refractivity contribution in [2.24, 2.45) is 0 Å². The van der Waals surface area contributed by atoms with Crippen LogP contribution in [0.25, 0.3) is 0 Å². The van der Waals surface area contributed by atoms with Gasteiger partial charge in [0, 0.05) is 16.7 Å². The standard InChI is InChI=1S/C13H9BrClN3O3/c14-9-4-1-2-5-10(9)17(12(19)8-15)13-11(18(20)21)6-3-7-16-13/h1-7H,8H2. The summed E-state index contributed by atoms with van der Waals surface area (Å²) in [7, 11) is 0. The highest BCUT2D eigenvalue weighted by Crippen LogP contribution is 2.35. The van der Waals surface area contributed by atoms with Crippen LogP contribution in [0.2, 0.25) is 0 Å². The number of rotatable bonds is 4. The maximum atomic E-state index is 12.2. The van der Waals surface area contributed by atoms with Crippen LogP contribution in [0.1, 0.15) is 0 Å². The number of aromatic nitrogens is 1. The van der Waals surface area contributed by atoms with Crippen molar-refractivity contribution in [3.05, 3.63) is 57.2 Å². The van der Waals surface area contributed by atoms with E-state index < -0.39 is 10.8 Å². The van der Waals surface area contributed by atoms with Gasteiger partial charge in [0.2, 0.25) is 11.7 Å². The van der Waals surface area contributed by atoms with Gasteiger partial charge in [-0.3, -0.25) is 19.8 Å². The Kier molecular flexibility index (Phi) is 4.87. The van der Waals surface area contributed by atoms with Gasteiger partial charge >= 0.3 is 5.69 Å². The van der Waals surface area contributed by atoms with Crippen LogP contribution < -0.4 is 4.90 Å². The molecule has 0 saturated heterocycles. The zero-order valence-electron chi connectivity index (χ0n) is 10.6. The van der Waals surface area contributed by atoms with Crippen molar-refractivity contribution in [1.82, 2.24) is 4.98 Å². The van der Waals surface area contributed by atoms with Crippen LogP contribution >= 0.6 is 27.5 Å². The average Bonchev–Trinajstić information content (AvgIpc) is 2.49. The van der Waals surface area contributed by atoms with Crippen LogP contribution in [0, 0.1) is 10.1 Å². The van der Waals surface area contributed by atoms with E-state index in [0.29, 0.717) is 10.2 Å². The molecular formula is C13H9BrClN3O3. The Morgan fingerprint density at radius 2 is 2.05 bits per heavy atom. The Labute approximate surface area is 133 Å². The van der Waals surface area contributed by atoms with E-state index in [1.807, 2.05) is 0 Å². The molecule has 2 rings (SSSR count). The lowest BCUT2D eigenvalue weighted by atomic mass is 10.2. The first-order valence-corrected chi connectivity index (χ1v) is 7.12. The maximum Gasteiger partial charge on any atom is 0.312 e. The first kappa shape index (κ1) is 15.4. The summed E-state index contributed by atoms with van der Waals surface area (Å²) in [4.78, 5) is 27.8. The highest BCUT2D eigenvalue weighted by atomic mass is 79.9. The van der Waals surface area contributed by atoms with Crippen molar-refractivity contribution in [2.75, 3.05) is 10.8 Å². The largest absolute Gasteiger partial charge is 0.312 e. The minimum Gasteiger partial charge on any atom is -0.273 e. The molecule has 0 radical (unpaired) electrons. The fourth-order valence-electron chi connectivity index (χ4n) is 1.76. The number of hydrogen-bond acceptors (Lipinski definition) is 4. The molecule has 1 amide bonds. The molecule has 8 heteroatoms. The number of carbonyl (C=O) groups excluding carboxylic acids is 1. The van der Waals surface area contributed by atoms with Crippen molar-refractivity contribution in [3.63, 3.8) is 0 Å². The van der Waals surface area contributed by atoms with Crippen LogP contribution in [0.3, 0.4) is 0 Å². The molecule has 0 spiro atoms. The van der Waals surface area contributed by atoms with Gasteiger partial charge in [-0.2, -0.15) is 0 Å². The lowest BCUT2D eigenvalue weighted by Gasteiger charge is -2.21. The zero-order chi connectivity index (χ0) is 15.4. The normalized spacial score (nSPS) is 10.2. The van der Waals surface area contributed by atoms with Crippen molar-refractivity contribution < 1.29 is 9.72 Å². The number of anilines is 2. The third kappa shape index (κ3) is 3.20. The summed E-state index contributed by atoms with van der Waals surface area (Å²) in [5, 5.41) is 11.1. The molecule has 0 aliphatic rings. The monoisotopic (exact) mass is 369 g/mol. The molecule has 0 fully saturated rings. The number of pyridine rings is 1. The fourth-order valence-corrected chi connectivity index (χ4v) is 2.34. The third-order valence-electron chi connectivity index (χ3n) is 2.63. The second-order valence-corrected chi connectivity index (χ2v) is 5.04. The van der Waals surface area contributed by atoms with E-state index in [0.717, 1.165) is 4.90 Å². The summed E-state index contributed by atoms with van der Waals surface area (Å²) in [5.74, 6) is -0.903. The Bertz CT molecular complexity index is 696. The quantitative estimate of drug-likeness (QED) is 0.467. The number of alkyl halides is 1. The zero-order valence-corrected chi connectivity index (χ0v) is 12.9. The van der Waals surface area contributed by atoms with Crippen molar-refractivity contribution in [2.45, 2.75) is 0 Å². The first-order chi connectivity index (χ1) is 10.1. The summed E-state index contributed by atoms with van der Waals surface area (Å²) in [5.41, 5.74) is 0.164. The minimum atomic E-state index is -0.590. The van der Waals surface area contributed by atoms with Crippen molar-refractivity contribution >= 4 is 50.6 Å². The number of hydrogen-bond donors (Lipinski definition) is 0. The predicted molar refractivity (Wildman–Crippen MR) is 82.9 cm³/mol. The Morgan fingerprint density at radius 1 is 1.33 bits per heavy atom. The van der Waals surface area contributed by atoms with E-state index in [4.69, 9.17) is 11.6 Å². The number of halogens is 2. The molecule has 0 saturated carbocycles. The smallest absolute Gasteiger partial charge is 0.273 e. The van der Waals surface area contributed by atoms with Gasteiger partial charge in [-0.1, -0.05) is 12.1 Å². The van der Waals surface area contributed by atoms with Gasteiger partial charge in [0.25, 0.3) is 0 Å². The molecule has 1 heterocycles. The van der Waals surface area contributed by atoms with Gasteiger partial charge in [0.1, 0.15) is 5.88 Å². The molecule has 108 valence electrons. The van der Waals surface area contributed by atoms with Gasteiger partial charge in [-0.05, 0) is 34.1 Å². The van der Waals surface area contributed by atoms with Gasteiger partial charge in [-0.15, -0.1) is 11.6 Å². The van der Waals surface area contributed by atoms with E-state index >= 15 is 0 Å². The lowest BCUT2D eigenvalue weighted by Crippen LogP contribution is -2.28. The van der Waals surface area contributed by atoms with E-state index in [2.05, 4.69) is 20.9 Å². The van der Waals surface area contributed by atoms with Crippen LogP contribution in [-0.2, 0) is 4.79 Å². The minimum absolute atomic E-state index is 0.0694. The molecule has 1 aromatic carbocycles. The average molecular weight is 371 g/mol. The molecule has 0 aliphatic carbocycles. The number of para-hydroxylation sites is 1. The van der Waals surface area contributed by atoms with Gasteiger partial charge in [0.05, 0.1) is 10.6 Å². The van der Waals surface area contributed by atoms with E-state index in [-0.39, 0.29) is 17.4 Å². The highest BCUT2D eigenvalue weighted by Gasteiger charge is 2.27. The van der Waals surface area contributed by atoms with Crippen LogP contribution in [0.4, 0.5) is 17.2 Å². The van der Waals surface area contributed by atoms with Crippen LogP contribution in [-0.4, -0.2) is 21.7 Å². The number of nitro groups is 1. The van der Waals surface area contributed by atoms with Crippen LogP contribution in [0.15, 0.2) is 47.1 Å². The molecule has 0 aliphatic heterocycles. The molecule has 2 aromatic rings. The van der Waals surface area contributed by atoms with Crippen molar-refractivity contribution in [3.8, 4) is 0 Å². The number of benzene rings is 1. The molecule has 0 unspecified atom stereocenters. The highest BCUT2D eigenvalue weighted by molar-refractivity contribution is 9.10. The van der Waals surface area contributed by atoms with E-state index in [1.165, 1.54) is 18.3 Å². The van der Waals surface area contributed by atoms with Crippen LogP contribution in [0.5, 0.6) is 0 Å². The SMILES string of the molecule is O=C(CCl)N(c1ccccc1Br)c1ncccc1[N+](=O)[O-]. The summed E-state index contributed by atoms with van der Waals surface area (Å²) in [6.45, 7) is 0. The molecule has 0 bridgehead atoms. The topological polar surface area (TPSA) is 76.3 Å². The van der Waals surface area contributed by atoms with Gasteiger partial charge in [-0.25, -0.2) is 4.98 Å². The second kappa shape index (κ2) is 6.64. The Morgan fingerprint density at radius 3 is 2.67 bits per heavy atom. The van der Waals surface area contributed by atoms with E-state index in [1.54, 1.807) is 24.3 Å². The number of amides is 1. The summed E-state index contributed by atoms with van der Waals surface area (Å²) < 4.78 is 0.600. The van der Waals surface area contributed by atoms with Crippen molar-refractivity contribution in [1.29, 1.82) is 0 Å². The molecular weight excluding hydrogens is 362 g/mol. The summed E-state index contributed by atoms with van der Waals surface area (Å²) in [6.07, 6.45) is 1.38. The summed E-state index contributed by atoms with van der Waals surface area (Å²) >= 11 is 8.95. The summed E-state index contributed by atoms with van der Waals surface area (Å²) in [6, 6.07) is 9.57. The van der Waals surface area contributed by atoms with E-state index in [9.17, 15) is 14.9 Å². The lowest BCUT2D eigenvalue weighted by molar-refractivity contribution is -0.384. The first-order valence-electron chi connectivity index (χ1n) is 5.79. The molecule has 21 heavy (non-hydrogen) atoms. The Hall–Kier alpha value is -1.99. The van der Waals surface area contributed by atoms with Gasteiger partial charge in [0.15, 0.2) is 0 Å². The number of carbonyl (C=O) groups is 1. The van der Waals surface area contributed by atoms with Gasteiger partial charge < -0.3 is 0 Å². The number of nitrogens with zero attached hydrogens (tertiary/aromatic N) is 3. The predicted octanol–water partition coefficient (Wildman–Crippen LogP) is 3.66. The Balaban J connectivity index is 2.66. The molecule has 6 nitrogen and oxygen atoms in total. The fraction of sp³-hybridized carbons (Fsp3) is 0.0769. The molecule has 1 aromatic heterocycles.